The molecule has 0 bridgehead atoms. The average molecular weight is 385 g/mol. The molecule has 1 saturated carbocycles. The number of nitrogens with zero attached hydrogens (tertiary/aromatic N) is 2. The first-order chi connectivity index (χ1) is 13.4. The third-order valence-electron chi connectivity index (χ3n) is 5.18. The number of rotatable bonds is 7. The highest BCUT2D eigenvalue weighted by atomic mass is 16.2. The fourth-order valence-electron chi connectivity index (χ4n) is 3.68. The third-order valence-corrected chi connectivity index (χ3v) is 5.18. The van der Waals surface area contributed by atoms with Crippen molar-refractivity contribution < 1.29 is 24.0 Å². The second kappa shape index (κ2) is 8.33. The summed E-state index contributed by atoms with van der Waals surface area (Å²) in [5, 5.41) is 2.57. The predicted molar refractivity (Wildman–Crippen MR) is 99.0 cm³/mol. The van der Waals surface area contributed by atoms with Gasteiger partial charge in [0.05, 0.1) is 6.04 Å². The van der Waals surface area contributed by atoms with E-state index in [4.69, 9.17) is 0 Å². The highest BCUT2D eigenvalue weighted by Crippen LogP contribution is 2.27. The van der Waals surface area contributed by atoms with E-state index in [9.17, 15) is 24.0 Å². The molecule has 2 aliphatic rings. The van der Waals surface area contributed by atoms with Gasteiger partial charge in [-0.3, -0.25) is 24.1 Å². The molecule has 0 radical (unpaired) electrons. The molecular formula is C20H23N3O5. The topological polar surface area (TPSA) is 104 Å². The zero-order valence-electron chi connectivity index (χ0n) is 15.7. The zero-order chi connectivity index (χ0) is 20.3. The molecule has 1 atom stereocenters. The van der Waals surface area contributed by atoms with Crippen LogP contribution in [-0.2, 0) is 25.6 Å². The van der Waals surface area contributed by atoms with Crippen LogP contribution < -0.4 is 5.32 Å². The Kier molecular flexibility index (Phi) is 5.87. The summed E-state index contributed by atoms with van der Waals surface area (Å²) in [6, 6.07) is 7.39. The lowest BCUT2D eigenvalue weighted by molar-refractivity contribution is -0.144. The van der Waals surface area contributed by atoms with Crippen molar-refractivity contribution in [2.24, 2.45) is 0 Å². The van der Waals surface area contributed by atoms with E-state index in [0.29, 0.717) is 24.2 Å². The van der Waals surface area contributed by atoms with Crippen LogP contribution in [0.4, 0.5) is 4.79 Å². The predicted octanol–water partition coefficient (Wildman–Crippen LogP) is 1.04. The fourth-order valence-corrected chi connectivity index (χ4v) is 3.68. The number of hydrogen-bond acceptors (Lipinski definition) is 5. The van der Waals surface area contributed by atoms with E-state index in [-0.39, 0.29) is 11.8 Å². The van der Waals surface area contributed by atoms with Gasteiger partial charge < -0.3 is 5.32 Å². The number of nitrogens with one attached hydrogen (secondary N) is 1. The molecule has 0 spiro atoms. The number of carbonyl (C=O) groups is 5. The van der Waals surface area contributed by atoms with Gasteiger partial charge in [-0.2, -0.15) is 0 Å². The maximum atomic E-state index is 12.5. The third kappa shape index (κ3) is 4.11. The van der Waals surface area contributed by atoms with Gasteiger partial charge in [-0.15, -0.1) is 0 Å². The van der Waals surface area contributed by atoms with E-state index in [1.807, 2.05) is 30.3 Å². The summed E-state index contributed by atoms with van der Waals surface area (Å²) in [4.78, 5) is 62.9. The summed E-state index contributed by atoms with van der Waals surface area (Å²) in [5.41, 5.74) is 0.874. The molecule has 1 saturated heterocycles. The maximum absolute atomic E-state index is 12.5. The van der Waals surface area contributed by atoms with Gasteiger partial charge in [0.15, 0.2) is 5.78 Å². The lowest BCUT2D eigenvalue weighted by Gasteiger charge is -2.21. The van der Waals surface area contributed by atoms with Crippen LogP contribution in [0.25, 0.3) is 0 Å². The normalized spacial score (nSPS) is 18.7. The largest absolute Gasteiger partial charge is 0.344 e. The molecule has 0 aromatic heterocycles. The minimum atomic E-state index is -0.991. The molecule has 148 valence electrons. The lowest BCUT2D eigenvalue weighted by atomic mass is 10.0. The molecule has 1 N–H and O–H groups in total. The van der Waals surface area contributed by atoms with Crippen molar-refractivity contribution in [2.45, 2.75) is 51.1 Å². The molecule has 8 nitrogen and oxygen atoms in total. The van der Waals surface area contributed by atoms with Gasteiger partial charge in [0.2, 0.25) is 5.91 Å². The van der Waals surface area contributed by atoms with E-state index < -0.39 is 36.3 Å². The Labute approximate surface area is 162 Å². The van der Waals surface area contributed by atoms with Crippen LogP contribution in [0.5, 0.6) is 0 Å². The van der Waals surface area contributed by atoms with Crippen molar-refractivity contribution in [3.05, 3.63) is 35.9 Å². The summed E-state index contributed by atoms with van der Waals surface area (Å²) < 4.78 is 0. The molecule has 5 amide bonds. The zero-order valence-corrected chi connectivity index (χ0v) is 15.7. The first-order valence-corrected chi connectivity index (χ1v) is 9.41. The SMILES string of the molecule is CC(=O)[C@H](Cc1ccccc1)NC(=O)CN1C(=O)C(=O)N(C2CCCC2)C1=O. The Morgan fingerprint density at radius 3 is 2.32 bits per heavy atom. The molecule has 1 aliphatic carbocycles. The van der Waals surface area contributed by atoms with E-state index in [1.165, 1.54) is 6.92 Å². The van der Waals surface area contributed by atoms with Crippen molar-refractivity contribution in [2.75, 3.05) is 6.54 Å². The molecule has 3 rings (SSSR count). The second-order valence-corrected chi connectivity index (χ2v) is 7.21. The number of hydrogen-bond donors (Lipinski definition) is 1. The molecule has 1 aromatic carbocycles. The number of Topliss-reactive ketones (excluding diaryl/α,β-unsaturated/α-hetero) is 1. The maximum Gasteiger partial charge on any atom is 0.334 e. The van der Waals surface area contributed by atoms with Gasteiger partial charge in [0.25, 0.3) is 0 Å². The summed E-state index contributed by atoms with van der Waals surface area (Å²) in [6.45, 7) is 0.788. The summed E-state index contributed by atoms with van der Waals surface area (Å²) in [5.74, 6) is -2.76. The van der Waals surface area contributed by atoms with Crippen LogP contribution in [0, 0.1) is 0 Å². The molecule has 1 heterocycles. The quantitative estimate of drug-likeness (QED) is 0.558. The number of benzene rings is 1. The van der Waals surface area contributed by atoms with E-state index in [2.05, 4.69) is 5.32 Å². The number of carbonyl (C=O) groups excluding carboxylic acids is 5. The van der Waals surface area contributed by atoms with Crippen molar-refractivity contribution in [1.82, 2.24) is 15.1 Å². The molecule has 8 heteroatoms. The highest BCUT2D eigenvalue weighted by Gasteiger charge is 2.48. The standard InChI is InChI=1S/C20H23N3O5/c1-13(24)16(11-14-7-3-2-4-8-14)21-17(25)12-22-18(26)19(27)23(20(22)28)15-9-5-6-10-15/h2-4,7-8,15-16H,5-6,9-12H2,1H3,(H,21,25)/t16-/m0/s1. The molecular weight excluding hydrogens is 362 g/mol. The molecule has 1 aliphatic heterocycles. The Morgan fingerprint density at radius 1 is 1.07 bits per heavy atom. The van der Waals surface area contributed by atoms with E-state index in [1.54, 1.807) is 0 Å². The monoisotopic (exact) mass is 385 g/mol. The van der Waals surface area contributed by atoms with Crippen LogP contribution in [0.2, 0.25) is 0 Å². The Hall–Kier alpha value is -3.03. The smallest absolute Gasteiger partial charge is 0.334 e. The van der Waals surface area contributed by atoms with Crippen LogP contribution in [-0.4, -0.2) is 58.0 Å². The van der Waals surface area contributed by atoms with Gasteiger partial charge in [-0.25, -0.2) is 9.69 Å². The average Bonchev–Trinajstić information content (AvgIpc) is 3.25. The Balaban J connectivity index is 1.64. The van der Waals surface area contributed by atoms with Crippen molar-refractivity contribution >= 4 is 29.5 Å². The lowest BCUT2D eigenvalue weighted by Crippen LogP contribution is -2.48. The van der Waals surface area contributed by atoms with Crippen molar-refractivity contribution in [1.29, 1.82) is 0 Å². The molecule has 1 aromatic rings. The van der Waals surface area contributed by atoms with Crippen LogP contribution in [0.15, 0.2) is 30.3 Å². The first-order valence-electron chi connectivity index (χ1n) is 9.41. The summed E-state index contributed by atoms with van der Waals surface area (Å²) in [6.07, 6.45) is 3.45. The van der Waals surface area contributed by atoms with Crippen LogP contribution in [0.1, 0.15) is 38.2 Å². The van der Waals surface area contributed by atoms with Gasteiger partial charge in [-0.1, -0.05) is 43.2 Å². The minimum absolute atomic E-state index is 0.236. The van der Waals surface area contributed by atoms with Gasteiger partial charge >= 0.3 is 17.8 Å². The van der Waals surface area contributed by atoms with Crippen molar-refractivity contribution in [3.8, 4) is 0 Å². The van der Waals surface area contributed by atoms with E-state index in [0.717, 1.165) is 23.3 Å². The van der Waals surface area contributed by atoms with Crippen LogP contribution >= 0.6 is 0 Å². The molecule has 2 fully saturated rings. The summed E-state index contributed by atoms with van der Waals surface area (Å²) in [7, 11) is 0. The number of imide groups is 2. The Bertz CT molecular complexity index is 801. The second-order valence-electron chi connectivity index (χ2n) is 7.21. The van der Waals surface area contributed by atoms with E-state index >= 15 is 0 Å². The van der Waals surface area contributed by atoms with Crippen molar-refractivity contribution in [3.63, 3.8) is 0 Å². The molecule has 0 unspecified atom stereocenters. The summed E-state index contributed by atoms with van der Waals surface area (Å²) >= 11 is 0. The molecule has 28 heavy (non-hydrogen) atoms. The van der Waals surface area contributed by atoms with Crippen LogP contribution in [0.3, 0.4) is 0 Å². The Morgan fingerprint density at radius 2 is 1.71 bits per heavy atom. The van der Waals surface area contributed by atoms with Gasteiger partial charge in [0, 0.05) is 6.04 Å². The number of ketones is 1. The fraction of sp³-hybridized carbons (Fsp3) is 0.450. The van der Waals surface area contributed by atoms with Gasteiger partial charge in [-0.05, 0) is 31.7 Å². The number of amides is 5. The van der Waals surface area contributed by atoms with Gasteiger partial charge in [0.1, 0.15) is 6.54 Å². The number of urea groups is 1. The highest BCUT2D eigenvalue weighted by molar-refractivity contribution is 6.45. The first kappa shape index (κ1) is 19.7. The minimum Gasteiger partial charge on any atom is -0.344 e.